The number of halogens is 4. The second-order valence-corrected chi connectivity index (χ2v) is 6.32. The van der Waals surface area contributed by atoms with Crippen molar-refractivity contribution < 1.29 is 22.4 Å². The largest absolute Gasteiger partial charge is 0.355 e. The number of rotatable bonds is 4. The lowest BCUT2D eigenvalue weighted by molar-refractivity contribution is -0.147. The van der Waals surface area contributed by atoms with Gasteiger partial charge in [-0.15, -0.1) is 0 Å². The number of aromatic amines is 1. The number of hydrogen-bond acceptors (Lipinski definition) is 3. The van der Waals surface area contributed by atoms with Crippen LogP contribution in [0.15, 0.2) is 35.3 Å². The summed E-state index contributed by atoms with van der Waals surface area (Å²) in [5, 5.41) is 2.08. The third-order valence-electron chi connectivity index (χ3n) is 4.40. The molecule has 0 saturated carbocycles. The molecule has 0 aliphatic rings. The van der Waals surface area contributed by atoms with Gasteiger partial charge in [-0.2, -0.15) is 8.78 Å². The van der Waals surface area contributed by atoms with Crippen molar-refractivity contribution in [2.45, 2.75) is 26.3 Å². The first kappa shape index (κ1) is 19.5. The Hall–Kier alpha value is -3.23. The predicted octanol–water partition coefficient (Wildman–Crippen LogP) is 3.23. The standard InChI is InChI=1S/C19H15F4N3O2/c1-9-5-12(21)7-24-15(9)8-25-18(28)19(22,23)16-10(2)13-6-11(20)3-4-14(13)26-17(16)27/h3-7H,8H2,1-2H3,(H,25,28)(H,26,27). The van der Waals surface area contributed by atoms with E-state index in [2.05, 4.69) is 9.97 Å². The van der Waals surface area contributed by atoms with E-state index in [-0.39, 0.29) is 28.7 Å². The van der Waals surface area contributed by atoms with Crippen LogP contribution in [0.4, 0.5) is 17.6 Å². The highest BCUT2D eigenvalue weighted by Gasteiger charge is 2.44. The molecule has 1 amide bonds. The second-order valence-electron chi connectivity index (χ2n) is 6.32. The van der Waals surface area contributed by atoms with Crippen LogP contribution in [0.25, 0.3) is 10.9 Å². The van der Waals surface area contributed by atoms with Crippen molar-refractivity contribution in [1.29, 1.82) is 0 Å². The molecule has 9 heteroatoms. The average Bonchev–Trinajstić information content (AvgIpc) is 2.61. The van der Waals surface area contributed by atoms with Crippen molar-refractivity contribution in [2.24, 2.45) is 0 Å². The number of nitrogens with zero attached hydrogens (tertiary/aromatic N) is 1. The van der Waals surface area contributed by atoms with Gasteiger partial charge in [-0.3, -0.25) is 14.6 Å². The zero-order chi connectivity index (χ0) is 20.6. The summed E-state index contributed by atoms with van der Waals surface area (Å²) < 4.78 is 56.1. The Balaban J connectivity index is 1.95. The Kier molecular flexibility index (Phi) is 4.93. The number of amides is 1. The predicted molar refractivity (Wildman–Crippen MR) is 93.9 cm³/mol. The first-order chi connectivity index (χ1) is 13.1. The summed E-state index contributed by atoms with van der Waals surface area (Å²) in [7, 11) is 0. The van der Waals surface area contributed by atoms with Crippen molar-refractivity contribution in [3.8, 4) is 0 Å². The van der Waals surface area contributed by atoms with Gasteiger partial charge in [0.05, 0.1) is 24.0 Å². The van der Waals surface area contributed by atoms with Gasteiger partial charge in [0, 0.05) is 10.9 Å². The number of pyridine rings is 2. The summed E-state index contributed by atoms with van der Waals surface area (Å²) in [6.45, 7) is 2.36. The van der Waals surface area contributed by atoms with Gasteiger partial charge in [0.25, 0.3) is 11.5 Å². The van der Waals surface area contributed by atoms with Gasteiger partial charge in [0.1, 0.15) is 11.6 Å². The number of carbonyl (C=O) groups is 1. The molecule has 2 N–H and O–H groups in total. The number of H-pyrrole nitrogens is 1. The van der Waals surface area contributed by atoms with Crippen molar-refractivity contribution in [3.05, 3.63) is 74.8 Å². The molecule has 3 rings (SSSR count). The molecular weight excluding hydrogens is 378 g/mol. The molecule has 0 atom stereocenters. The average molecular weight is 393 g/mol. The third-order valence-corrected chi connectivity index (χ3v) is 4.40. The van der Waals surface area contributed by atoms with E-state index in [9.17, 15) is 27.2 Å². The topological polar surface area (TPSA) is 74.8 Å². The first-order valence-electron chi connectivity index (χ1n) is 8.21. The molecule has 0 radical (unpaired) electrons. The summed E-state index contributed by atoms with van der Waals surface area (Å²) in [6, 6.07) is 4.49. The minimum Gasteiger partial charge on any atom is -0.345 e. The molecule has 0 unspecified atom stereocenters. The molecule has 0 spiro atoms. The van der Waals surface area contributed by atoms with Gasteiger partial charge in [0.2, 0.25) is 0 Å². The first-order valence-corrected chi connectivity index (χ1v) is 8.21. The van der Waals surface area contributed by atoms with E-state index in [1.807, 2.05) is 5.32 Å². The number of aryl methyl sites for hydroxylation is 2. The summed E-state index contributed by atoms with van der Waals surface area (Å²) in [6.07, 6.45) is 0.902. The fourth-order valence-corrected chi connectivity index (χ4v) is 2.95. The molecule has 0 saturated heterocycles. The van der Waals surface area contributed by atoms with E-state index in [4.69, 9.17) is 0 Å². The number of carbonyl (C=O) groups excluding carboxylic acids is 1. The highest BCUT2D eigenvalue weighted by atomic mass is 19.3. The summed E-state index contributed by atoms with van der Waals surface area (Å²) in [4.78, 5) is 30.3. The van der Waals surface area contributed by atoms with Gasteiger partial charge in [-0.05, 0) is 49.2 Å². The van der Waals surface area contributed by atoms with Crippen LogP contribution in [0.2, 0.25) is 0 Å². The molecule has 2 aromatic heterocycles. The van der Waals surface area contributed by atoms with E-state index in [1.54, 1.807) is 0 Å². The van der Waals surface area contributed by atoms with Gasteiger partial charge in [-0.25, -0.2) is 8.78 Å². The zero-order valence-corrected chi connectivity index (χ0v) is 14.9. The van der Waals surface area contributed by atoms with Crippen LogP contribution >= 0.6 is 0 Å². The van der Waals surface area contributed by atoms with Crippen LogP contribution in [0.1, 0.15) is 22.4 Å². The van der Waals surface area contributed by atoms with Gasteiger partial charge in [-0.1, -0.05) is 0 Å². The Bertz CT molecular complexity index is 1140. The number of hydrogen-bond donors (Lipinski definition) is 2. The maximum Gasteiger partial charge on any atom is 0.355 e. The Morgan fingerprint density at radius 1 is 1.18 bits per heavy atom. The van der Waals surface area contributed by atoms with Crippen LogP contribution in [-0.2, 0) is 17.3 Å². The number of benzene rings is 1. The SMILES string of the molecule is Cc1cc(F)cnc1CNC(=O)C(F)(F)c1c(C)c2cc(F)ccc2[nH]c1=O. The molecule has 0 bridgehead atoms. The molecule has 0 aliphatic heterocycles. The number of nitrogens with one attached hydrogen (secondary N) is 2. The minimum absolute atomic E-state index is 0.0677. The van der Waals surface area contributed by atoms with E-state index in [1.165, 1.54) is 19.9 Å². The molecule has 1 aromatic carbocycles. The number of aromatic nitrogens is 2. The Morgan fingerprint density at radius 2 is 1.89 bits per heavy atom. The van der Waals surface area contributed by atoms with Crippen molar-refractivity contribution in [1.82, 2.24) is 15.3 Å². The smallest absolute Gasteiger partial charge is 0.345 e. The lowest BCUT2D eigenvalue weighted by Crippen LogP contribution is -2.42. The summed E-state index contributed by atoms with van der Waals surface area (Å²) in [5.74, 6) is -7.16. The van der Waals surface area contributed by atoms with Crippen LogP contribution in [-0.4, -0.2) is 15.9 Å². The fourth-order valence-electron chi connectivity index (χ4n) is 2.95. The van der Waals surface area contributed by atoms with Gasteiger partial charge >= 0.3 is 5.92 Å². The molecule has 0 aliphatic carbocycles. The monoisotopic (exact) mass is 393 g/mol. The summed E-state index contributed by atoms with van der Waals surface area (Å²) >= 11 is 0. The normalized spacial score (nSPS) is 11.6. The highest BCUT2D eigenvalue weighted by Crippen LogP contribution is 2.31. The van der Waals surface area contributed by atoms with E-state index in [0.29, 0.717) is 5.56 Å². The van der Waals surface area contributed by atoms with Crippen LogP contribution < -0.4 is 10.9 Å². The van der Waals surface area contributed by atoms with Crippen LogP contribution in [0.5, 0.6) is 0 Å². The molecule has 5 nitrogen and oxygen atoms in total. The third kappa shape index (κ3) is 3.47. The Morgan fingerprint density at radius 3 is 2.57 bits per heavy atom. The van der Waals surface area contributed by atoms with Crippen molar-refractivity contribution >= 4 is 16.8 Å². The minimum atomic E-state index is -4.17. The number of fused-ring (bicyclic) bond motifs is 1. The van der Waals surface area contributed by atoms with E-state index in [0.717, 1.165) is 24.4 Å². The molecule has 0 fully saturated rings. The molecule has 28 heavy (non-hydrogen) atoms. The van der Waals surface area contributed by atoms with Crippen molar-refractivity contribution in [3.63, 3.8) is 0 Å². The van der Waals surface area contributed by atoms with Crippen LogP contribution in [0.3, 0.4) is 0 Å². The molecule has 146 valence electrons. The highest BCUT2D eigenvalue weighted by molar-refractivity contribution is 5.89. The zero-order valence-electron chi connectivity index (χ0n) is 14.9. The lowest BCUT2D eigenvalue weighted by Gasteiger charge is -2.19. The van der Waals surface area contributed by atoms with E-state index < -0.39 is 34.6 Å². The second kappa shape index (κ2) is 7.06. The van der Waals surface area contributed by atoms with Gasteiger partial charge in [0.15, 0.2) is 0 Å². The Labute approximate surface area is 156 Å². The van der Waals surface area contributed by atoms with Crippen LogP contribution in [0, 0.1) is 25.5 Å². The maximum absolute atomic E-state index is 14.8. The number of alkyl halides is 2. The maximum atomic E-state index is 14.8. The quantitative estimate of drug-likeness (QED) is 0.669. The van der Waals surface area contributed by atoms with Gasteiger partial charge < -0.3 is 10.3 Å². The molecule has 2 heterocycles. The lowest BCUT2D eigenvalue weighted by atomic mass is 9.99. The molecular formula is C19H15F4N3O2. The fraction of sp³-hybridized carbons (Fsp3) is 0.211. The van der Waals surface area contributed by atoms with E-state index >= 15 is 0 Å². The summed E-state index contributed by atoms with van der Waals surface area (Å²) in [5.41, 5.74) is -1.65. The molecule has 3 aromatic rings. The van der Waals surface area contributed by atoms with Crippen molar-refractivity contribution in [2.75, 3.05) is 0 Å².